The van der Waals surface area contributed by atoms with Crippen molar-refractivity contribution in [3.05, 3.63) is 29.8 Å². The molecule has 1 amide bonds. The molecule has 5 nitrogen and oxygen atoms in total. The smallest absolute Gasteiger partial charge is 0.240 e. The molecule has 0 N–H and O–H groups in total. The number of nitrogens with zero attached hydrogens (tertiary/aromatic N) is 3. The zero-order valence-corrected chi connectivity index (χ0v) is 14.7. The van der Waals surface area contributed by atoms with Gasteiger partial charge in [-0.2, -0.15) is 0 Å². The lowest BCUT2D eigenvalue weighted by atomic mass is 10.0. The van der Waals surface area contributed by atoms with Gasteiger partial charge in [0.15, 0.2) is 5.78 Å². The number of hydrogen-bond acceptors (Lipinski definition) is 4. The van der Waals surface area contributed by atoms with Gasteiger partial charge < -0.3 is 9.80 Å². The van der Waals surface area contributed by atoms with Gasteiger partial charge in [0.2, 0.25) is 5.91 Å². The highest BCUT2D eigenvalue weighted by molar-refractivity contribution is 5.94. The number of anilines is 1. The summed E-state index contributed by atoms with van der Waals surface area (Å²) in [5.41, 5.74) is 1.87. The third-order valence-electron chi connectivity index (χ3n) is 5.29. The Balaban J connectivity index is 1.57. The van der Waals surface area contributed by atoms with E-state index in [0.29, 0.717) is 5.91 Å². The second-order valence-corrected chi connectivity index (χ2v) is 6.91. The molecule has 0 saturated carbocycles. The minimum Gasteiger partial charge on any atom is -0.368 e. The van der Waals surface area contributed by atoms with E-state index in [-0.39, 0.29) is 11.8 Å². The summed E-state index contributed by atoms with van der Waals surface area (Å²) in [4.78, 5) is 30.6. The van der Waals surface area contributed by atoms with Crippen LogP contribution in [0.25, 0.3) is 0 Å². The van der Waals surface area contributed by atoms with Crippen molar-refractivity contribution in [1.29, 1.82) is 0 Å². The lowest BCUT2D eigenvalue weighted by molar-refractivity contribution is -0.137. The van der Waals surface area contributed by atoms with Crippen LogP contribution in [0.1, 0.15) is 36.5 Å². The number of ketones is 1. The molecule has 2 heterocycles. The predicted molar refractivity (Wildman–Crippen MR) is 95.5 cm³/mol. The van der Waals surface area contributed by atoms with Crippen molar-refractivity contribution in [2.24, 2.45) is 0 Å². The van der Waals surface area contributed by atoms with Crippen molar-refractivity contribution < 1.29 is 9.59 Å². The Morgan fingerprint density at radius 2 is 1.62 bits per heavy atom. The zero-order chi connectivity index (χ0) is 17.1. The van der Waals surface area contributed by atoms with E-state index in [9.17, 15) is 9.59 Å². The number of piperidine rings is 1. The van der Waals surface area contributed by atoms with Crippen LogP contribution in [-0.4, -0.2) is 67.3 Å². The molecule has 2 aliphatic heterocycles. The molecule has 130 valence electrons. The van der Waals surface area contributed by atoms with Crippen molar-refractivity contribution in [3.63, 3.8) is 0 Å². The first-order valence-corrected chi connectivity index (χ1v) is 8.91. The molecule has 24 heavy (non-hydrogen) atoms. The third kappa shape index (κ3) is 3.61. The lowest BCUT2D eigenvalue weighted by Gasteiger charge is -2.40. The van der Waals surface area contributed by atoms with Crippen LogP contribution in [0.15, 0.2) is 24.3 Å². The first kappa shape index (κ1) is 17.0. The number of carbonyl (C=O) groups is 2. The molecule has 1 atom stereocenters. The highest BCUT2D eigenvalue weighted by atomic mass is 16.2. The lowest BCUT2D eigenvalue weighted by Crippen LogP contribution is -2.55. The Labute approximate surface area is 144 Å². The summed E-state index contributed by atoms with van der Waals surface area (Å²) in [7, 11) is 2.06. The molecular formula is C19H27N3O2. The van der Waals surface area contributed by atoms with Gasteiger partial charge in [-0.25, -0.2) is 0 Å². The van der Waals surface area contributed by atoms with Crippen molar-refractivity contribution in [1.82, 2.24) is 9.80 Å². The van der Waals surface area contributed by atoms with E-state index in [1.54, 1.807) is 6.92 Å². The fourth-order valence-corrected chi connectivity index (χ4v) is 3.69. The van der Waals surface area contributed by atoms with Crippen LogP contribution in [0.5, 0.6) is 0 Å². The fraction of sp³-hybridized carbons (Fsp3) is 0.579. The van der Waals surface area contributed by atoms with Crippen LogP contribution >= 0.6 is 0 Å². The molecule has 1 aromatic rings. The topological polar surface area (TPSA) is 43.9 Å². The predicted octanol–water partition coefficient (Wildman–Crippen LogP) is 2.02. The fourth-order valence-electron chi connectivity index (χ4n) is 3.69. The third-order valence-corrected chi connectivity index (χ3v) is 5.29. The average Bonchev–Trinajstić information content (AvgIpc) is 2.62. The van der Waals surface area contributed by atoms with Gasteiger partial charge in [-0.3, -0.25) is 14.5 Å². The minimum absolute atomic E-state index is 0.0696. The van der Waals surface area contributed by atoms with Gasteiger partial charge in [-0.15, -0.1) is 0 Å². The molecule has 3 rings (SSSR count). The number of piperazine rings is 1. The van der Waals surface area contributed by atoms with Crippen LogP contribution in [0.4, 0.5) is 5.69 Å². The number of benzene rings is 1. The van der Waals surface area contributed by atoms with Gasteiger partial charge in [-0.1, -0.05) is 6.42 Å². The molecule has 0 radical (unpaired) electrons. The molecule has 1 unspecified atom stereocenters. The minimum atomic E-state index is 0.0696. The molecule has 2 fully saturated rings. The van der Waals surface area contributed by atoms with Gasteiger partial charge >= 0.3 is 0 Å². The van der Waals surface area contributed by atoms with E-state index in [2.05, 4.69) is 16.8 Å². The maximum absolute atomic E-state index is 12.8. The van der Waals surface area contributed by atoms with Gasteiger partial charge in [0, 0.05) is 37.4 Å². The number of carbonyl (C=O) groups excluding carboxylic acids is 2. The van der Waals surface area contributed by atoms with Crippen LogP contribution in [-0.2, 0) is 4.79 Å². The first-order valence-electron chi connectivity index (χ1n) is 8.91. The molecular weight excluding hydrogens is 302 g/mol. The Hall–Kier alpha value is -1.88. The van der Waals surface area contributed by atoms with Crippen molar-refractivity contribution >= 4 is 17.4 Å². The van der Waals surface area contributed by atoms with Gasteiger partial charge in [-0.05, 0) is 57.6 Å². The van der Waals surface area contributed by atoms with Crippen LogP contribution in [0.2, 0.25) is 0 Å². The highest BCUT2D eigenvalue weighted by Gasteiger charge is 2.31. The van der Waals surface area contributed by atoms with E-state index < -0.39 is 0 Å². The van der Waals surface area contributed by atoms with E-state index in [4.69, 9.17) is 0 Å². The molecule has 2 aliphatic rings. The Bertz CT molecular complexity index is 591. The summed E-state index contributed by atoms with van der Waals surface area (Å²) in [6.45, 7) is 5.86. The number of Topliss-reactive ketones (excluding diaryl/α,β-unsaturated/α-hetero) is 1. The number of hydrogen-bond donors (Lipinski definition) is 0. The summed E-state index contributed by atoms with van der Waals surface area (Å²) < 4.78 is 0. The quantitative estimate of drug-likeness (QED) is 0.796. The maximum Gasteiger partial charge on any atom is 0.240 e. The van der Waals surface area contributed by atoms with Crippen LogP contribution < -0.4 is 4.90 Å². The molecule has 0 bridgehead atoms. The summed E-state index contributed by atoms with van der Waals surface area (Å²) in [5, 5.41) is 0. The maximum atomic E-state index is 12.8. The Morgan fingerprint density at radius 1 is 0.958 bits per heavy atom. The molecule has 5 heteroatoms. The Kier molecular flexibility index (Phi) is 5.19. The van der Waals surface area contributed by atoms with Crippen molar-refractivity contribution in [3.8, 4) is 0 Å². The first-order chi connectivity index (χ1) is 11.6. The van der Waals surface area contributed by atoms with E-state index in [1.807, 2.05) is 29.2 Å². The number of amides is 1. The molecule has 1 aromatic carbocycles. The van der Waals surface area contributed by atoms with Crippen LogP contribution in [0, 0.1) is 0 Å². The monoisotopic (exact) mass is 329 g/mol. The summed E-state index contributed by atoms with van der Waals surface area (Å²) >= 11 is 0. The molecule has 0 aromatic heterocycles. The van der Waals surface area contributed by atoms with Gasteiger partial charge in [0.1, 0.15) is 0 Å². The highest BCUT2D eigenvalue weighted by Crippen LogP contribution is 2.21. The summed E-state index contributed by atoms with van der Waals surface area (Å²) in [6.07, 6.45) is 3.34. The second-order valence-electron chi connectivity index (χ2n) is 6.91. The molecule has 0 aliphatic carbocycles. The standard InChI is InChI=1S/C19H27N3O2/c1-15(23)16-6-8-17(9-7-16)21-11-13-22(14-12-21)19(24)18-5-3-4-10-20(18)2/h6-9,18H,3-5,10-14H2,1-2H3. The normalized spacial score (nSPS) is 22.5. The number of likely N-dealkylation sites (N-methyl/N-ethyl adjacent to an activating group) is 1. The Morgan fingerprint density at radius 3 is 2.21 bits per heavy atom. The summed E-state index contributed by atoms with van der Waals surface area (Å²) in [6, 6.07) is 7.84. The largest absolute Gasteiger partial charge is 0.368 e. The van der Waals surface area contributed by atoms with Gasteiger partial charge in [0.05, 0.1) is 6.04 Å². The second kappa shape index (κ2) is 7.34. The van der Waals surface area contributed by atoms with Crippen LogP contribution in [0.3, 0.4) is 0 Å². The number of rotatable bonds is 3. The number of likely N-dealkylation sites (tertiary alicyclic amines) is 1. The van der Waals surface area contributed by atoms with E-state index in [1.165, 1.54) is 6.42 Å². The SMILES string of the molecule is CC(=O)c1ccc(N2CCN(C(=O)C3CCCCN3C)CC2)cc1. The molecule has 2 saturated heterocycles. The van der Waals surface area contributed by atoms with E-state index >= 15 is 0 Å². The zero-order valence-electron chi connectivity index (χ0n) is 14.7. The summed E-state index contributed by atoms with van der Waals surface area (Å²) in [5.74, 6) is 0.386. The van der Waals surface area contributed by atoms with E-state index in [0.717, 1.165) is 56.8 Å². The van der Waals surface area contributed by atoms with Crippen molar-refractivity contribution in [2.75, 3.05) is 44.7 Å². The van der Waals surface area contributed by atoms with Crippen molar-refractivity contribution in [2.45, 2.75) is 32.2 Å². The molecule has 0 spiro atoms. The average molecular weight is 329 g/mol. The van der Waals surface area contributed by atoms with Gasteiger partial charge in [0.25, 0.3) is 0 Å².